The molecule has 1 aliphatic carbocycles. The summed E-state index contributed by atoms with van der Waals surface area (Å²) in [7, 11) is -3.26. The highest BCUT2D eigenvalue weighted by molar-refractivity contribution is 7.90. The molecule has 1 aromatic carbocycles. The molecule has 0 unspecified atom stereocenters. The molecule has 152 valence electrons. The fourth-order valence-corrected chi connectivity index (χ4v) is 4.02. The number of benzene rings is 1. The molecule has 0 atom stereocenters. The first-order valence-corrected chi connectivity index (χ1v) is 11.1. The minimum absolute atomic E-state index is 0.00958. The monoisotopic (exact) mass is 396 g/mol. The van der Waals surface area contributed by atoms with E-state index in [1.165, 1.54) is 0 Å². The van der Waals surface area contributed by atoms with Gasteiger partial charge in [-0.05, 0) is 84.6 Å². The molecule has 1 aliphatic rings. The maximum absolute atomic E-state index is 12.5. The number of carbonyl (C=O) groups is 1. The third-order valence-electron chi connectivity index (χ3n) is 4.60. The molecule has 0 radical (unpaired) electrons. The summed E-state index contributed by atoms with van der Waals surface area (Å²) >= 11 is 0. The van der Waals surface area contributed by atoms with E-state index < -0.39 is 15.3 Å². The van der Waals surface area contributed by atoms with Gasteiger partial charge in [0.1, 0.15) is 11.4 Å². The minimum Gasteiger partial charge on any atom is -0.488 e. The van der Waals surface area contributed by atoms with Crippen molar-refractivity contribution in [2.45, 2.75) is 77.2 Å². The number of sulfonamides is 1. The van der Waals surface area contributed by atoms with Gasteiger partial charge in [0.2, 0.25) is 15.9 Å². The minimum atomic E-state index is -3.26. The molecule has 6 nitrogen and oxygen atoms in total. The second kappa shape index (κ2) is 8.61. The molecule has 1 fully saturated rings. The van der Waals surface area contributed by atoms with Gasteiger partial charge in [0.25, 0.3) is 0 Å². The zero-order valence-electron chi connectivity index (χ0n) is 16.9. The van der Waals surface area contributed by atoms with Crippen LogP contribution in [0.25, 0.3) is 0 Å². The average Bonchev–Trinajstić information content (AvgIpc) is 2.55. The standard InChI is InChI=1S/C20H32N2O4S/c1-14(2)27(24,25)22-17-8-6-15(7-9-17)19(23)21-16-10-12-18(13-11-16)26-20(3,4)5/h10-15,17,22H,6-9H2,1-5H3,(H,21,23). The number of nitrogens with one attached hydrogen (secondary N) is 2. The second-order valence-corrected chi connectivity index (χ2v) is 10.8. The van der Waals surface area contributed by atoms with Gasteiger partial charge in [-0.25, -0.2) is 13.1 Å². The highest BCUT2D eigenvalue weighted by Crippen LogP contribution is 2.27. The van der Waals surface area contributed by atoms with Gasteiger partial charge in [0.15, 0.2) is 0 Å². The normalized spacial score (nSPS) is 21.1. The first-order chi connectivity index (χ1) is 12.5. The fraction of sp³-hybridized carbons (Fsp3) is 0.650. The van der Waals surface area contributed by atoms with Crippen molar-refractivity contribution < 1.29 is 17.9 Å². The summed E-state index contributed by atoms with van der Waals surface area (Å²) in [4.78, 5) is 12.5. The Morgan fingerprint density at radius 3 is 2.11 bits per heavy atom. The van der Waals surface area contributed by atoms with Crippen molar-refractivity contribution in [2.24, 2.45) is 5.92 Å². The Labute approximate surface area is 163 Å². The van der Waals surface area contributed by atoms with Crippen LogP contribution in [0.15, 0.2) is 24.3 Å². The smallest absolute Gasteiger partial charge is 0.227 e. The zero-order valence-corrected chi connectivity index (χ0v) is 17.7. The van der Waals surface area contributed by atoms with Crippen LogP contribution in [-0.2, 0) is 14.8 Å². The van der Waals surface area contributed by atoms with E-state index in [2.05, 4.69) is 10.0 Å². The Morgan fingerprint density at radius 1 is 1.07 bits per heavy atom. The molecule has 0 saturated heterocycles. The topological polar surface area (TPSA) is 84.5 Å². The summed E-state index contributed by atoms with van der Waals surface area (Å²) < 4.78 is 32.5. The molecular weight excluding hydrogens is 364 g/mol. The predicted octanol–water partition coefficient (Wildman–Crippen LogP) is 3.69. The molecule has 2 rings (SSSR count). The number of anilines is 1. The zero-order chi connectivity index (χ0) is 20.2. The summed E-state index contributed by atoms with van der Waals surface area (Å²) in [6.45, 7) is 9.29. The van der Waals surface area contributed by atoms with Gasteiger partial charge in [0, 0.05) is 17.6 Å². The number of hydrogen-bond acceptors (Lipinski definition) is 4. The largest absolute Gasteiger partial charge is 0.488 e. The first-order valence-electron chi connectivity index (χ1n) is 9.57. The summed E-state index contributed by atoms with van der Waals surface area (Å²) in [6, 6.07) is 7.29. The van der Waals surface area contributed by atoms with E-state index in [0.29, 0.717) is 25.7 Å². The van der Waals surface area contributed by atoms with E-state index in [4.69, 9.17) is 4.74 Å². The van der Waals surface area contributed by atoms with E-state index >= 15 is 0 Å². The van der Waals surface area contributed by atoms with Gasteiger partial charge in [-0.3, -0.25) is 4.79 Å². The fourth-order valence-electron chi connectivity index (χ4n) is 3.05. The number of hydrogen-bond donors (Lipinski definition) is 2. The molecule has 0 bridgehead atoms. The van der Waals surface area contributed by atoms with Crippen molar-refractivity contribution in [1.82, 2.24) is 4.72 Å². The summed E-state index contributed by atoms with van der Waals surface area (Å²) in [5, 5.41) is 2.51. The third kappa shape index (κ3) is 6.81. The van der Waals surface area contributed by atoms with E-state index in [1.54, 1.807) is 13.8 Å². The van der Waals surface area contributed by atoms with Crippen molar-refractivity contribution >= 4 is 21.6 Å². The third-order valence-corrected chi connectivity index (χ3v) is 6.50. The molecule has 1 saturated carbocycles. The quantitative estimate of drug-likeness (QED) is 0.768. The number of rotatable bonds is 6. The van der Waals surface area contributed by atoms with Crippen LogP contribution < -0.4 is 14.8 Å². The predicted molar refractivity (Wildman–Crippen MR) is 108 cm³/mol. The van der Waals surface area contributed by atoms with E-state index in [1.807, 2.05) is 45.0 Å². The van der Waals surface area contributed by atoms with Crippen LogP contribution in [0.5, 0.6) is 5.75 Å². The van der Waals surface area contributed by atoms with Crippen LogP contribution in [0.1, 0.15) is 60.3 Å². The van der Waals surface area contributed by atoms with Crippen LogP contribution in [0.4, 0.5) is 5.69 Å². The molecule has 0 aliphatic heterocycles. The molecule has 27 heavy (non-hydrogen) atoms. The molecule has 0 heterocycles. The number of amides is 1. The first kappa shape index (κ1) is 21.7. The van der Waals surface area contributed by atoms with Crippen molar-refractivity contribution in [3.05, 3.63) is 24.3 Å². The lowest BCUT2D eigenvalue weighted by molar-refractivity contribution is -0.120. The van der Waals surface area contributed by atoms with Crippen molar-refractivity contribution in [3.8, 4) is 5.75 Å². The number of carbonyl (C=O) groups excluding carboxylic acids is 1. The van der Waals surface area contributed by atoms with Gasteiger partial charge in [-0.15, -0.1) is 0 Å². The lowest BCUT2D eigenvalue weighted by Crippen LogP contribution is -2.42. The van der Waals surface area contributed by atoms with Gasteiger partial charge in [-0.1, -0.05) is 0 Å². The Kier molecular flexibility index (Phi) is 6.92. The average molecular weight is 397 g/mol. The van der Waals surface area contributed by atoms with Gasteiger partial charge < -0.3 is 10.1 Å². The highest BCUT2D eigenvalue weighted by atomic mass is 32.2. The summed E-state index contributed by atoms with van der Waals surface area (Å²) in [5.74, 6) is 0.665. The Bertz CT molecular complexity index is 728. The van der Waals surface area contributed by atoms with Gasteiger partial charge in [-0.2, -0.15) is 0 Å². The van der Waals surface area contributed by atoms with E-state index in [0.717, 1.165) is 11.4 Å². The van der Waals surface area contributed by atoms with E-state index in [-0.39, 0.29) is 23.5 Å². The van der Waals surface area contributed by atoms with Crippen LogP contribution in [-0.4, -0.2) is 31.2 Å². The Balaban J connectivity index is 1.84. The van der Waals surface area contributed by atoms with Crippen LogP contribution in [0.3, 0.4) is 0 Å². The van der Waals surface area contributed by atoms with Crippen LogP contribution in [0, 0.1) is 5.92 Å². The number of ether oxygens (including phenoxy) is 1. The van der Waals surface area contributed by atoms with Crippen molar-refractivity contribution in [1.29, 1.82) is 0 Å². The van der Waals surface area contributed by atoms with Crippen molar-refractivity contribution in [2.75, 3.05) is 5.32 Å². The second-order valence-electron chi connectivity index (χ2n) is 8.49. The van der Waals surface area contributed by atoms with E-state index in [9.17, 15) is 13.2 Å². The Hall–Kier alpha value is -1.60. The summed E-state index contributed by atoms with van der Waals surface area (Å²) in [6.07, 6.45) is 2.73. The van der Waals surface area contributed by atoms with Crippen molar-refractivity contribution in [3.63, 3.8) is 0 Å². The van der Waals surface area contributed by atoms with Gasteiger partial charge >= 0.3 is 0 Å². The summed E-state index contributed by atoms with van der Waals surface area (Å²) in [5.41, 5.74) is 0.476. The molecule has 2 N–H and O–H groups in total. The van der Waals surface area contributed by atoms with Crippen LogP contribution >= 0.6 is 0 Å². The molecule has 1 amide bonds. The lowest BCUT2D eigenvalue weighted by Gasteiger charge is -2.28. The molecule has 0 aromatic heterocycles. The molecule has 0 spiro atoms. The molecule has 1 aromatic rings. The Morgan fingerprint density at radius 2 is 1.63 bits per heavy atom. The molecular formula is C20H32N2O4S. The van der Waals surface area contributed by atoms with Gasteiger partial charge in [0.05, 0.1) is 5.25 Å². The lowest BCUT2D eigenvalue weighted by atomic mass is 9.86. The maximum atomic E-state index is 12.5. The maximum Gasteiger partial charge on any atom is 0.227 e. The van der Waals surface area contributed by atoms with Crippen LogP contribution in [0.2, 0.25) is 0 Å². The highest BCUT2D eigenvalue weighted by Gasteiger charge is 2.29. The SMILES string of the molecule is CC(C)S(=O)(=O)NC1CCC(C(=O)Nc2ccc(OC(C)(C)C)cc2)CC1. The molecule has 7 heteroatoms.